The molecule has 1 aliphatic rings. The van der Waals surface area contributed by atoms with Gasteiger partial charge in [-0.25, -0.2) is 9.69 Å². The maximum Gasteiger partial charge on any atom is 0.335 e. The summed E-state index contributed by atoms with van der Waals surface area (Å²) in [5.74, 6) is -0.487. The van der Waals surface area contributed by atoms with Crippen LogP contribution in [-0.2, 0) is 16.2 Å². The van der Waals surface area contributed by atoms with Gasteiger partial charge in [0, 0.05) is 9.50 Å². The van der Waals surface area contributed by atoms with Crippen molar-refractivity contribution < 1.29 is 23.9 Å². The Morgan fingerprint density at radius 3 is 2.57 bits per heavy atom. The normalized spacial score (nSPS) is 14.7. The van der Waals surface area contributed by atoms with Crippen molar-refractivity contribution in [2.45, 2.75) is 20.5 Å². The number of halogens is 3. The lowest BCUT2D eigenvalue weighted by molar-refractivity contribution is -0.122. The van der Waals surface area contributed by atoms with E-state index in [1.807, 2.05) is 25.1 Å². The smallest absolute Gasteiger partial charge is 0.335 e. The van der Waals surface area contributed by atoms with Crippen LogP contribution in [0.25, 0.3) is 6.08 Å². The Kier molecular flexibility index (Phi) is 8.56. The number of barbiturate groups is 1. The van der Waals surface area contributed by atoms with Crippen molar-refractivity contribution in [1.29, 1.82) is 0 Å². The number of carbonyl (C=O) groups excluding carboxylic acids is 3. The lowest BCUT2D eigenvalue weighted by Gasteiger charge is -2.27. The number of nitrogens with zero attached hydrogens (tertiary/aromatic N) is 1. The first-order valence-electron chi connectivity index (χ1n) is 11.2. The number of nitrogens with one attached hydrogen (secondary N) is 1. The number of imide groups is 2. The van der Waals surface area contributed by atoms with Gasteiger partial charge in [0.05, 0.1) is 15.9 Å². The molecule has 1 fully saturated rings. The molecule has 0 radical (unpaired) electrons. The van der Waals surface area contributed by atoms with Gasteiger partial charge in [-0.3, -0.25) is 14.9 Å². The van der Waals surface area contributed by atoms with Crippen LogP contribution in [0.4, 0.5) is 10.5 Å². The van der Waals surface area contributed by atoms with Gasteiger partial charge in [-0.1, -0.05) is 39.7 Å². The Hall–Kier alpha value is -2.89. The number of ether oxygens (including phenoxy) is 2. The van der Waals surface area contributed by atoms with Crippen molar-refractivity contribution in [1.82, 2.24) is 5.32 Å². The number of hydrogen-bond donors (Lipinski definition) is 1. The Morgan fingerprint density at radius 1 is 1.08 bits per heavy atom. The molecule has 0 aromatic heterocycles. The highest BCUT2D eigenvalue weighted by Crippen LogP contribution is 2.36. The molecule has 3 aromatic carbocycles. The van der Waals surface area contributed by atoms with Crippen LogP contribution in [0.2, 0.25) is 5.02 Å². The van der Waals surface area contributed by atoms with E-state index >= 15 is 0 Å². The largest absolute Gasteiger partial charge is 0.490 e. The van der Waals surface area contributed by atoms with Crippen LogP contribution in [-0.4, -0.2) is 24.5 Å². The second kappa shape index (κ2) is 11.7. The van der Waals surface area contributed by atoms with Gasteiger partial charge in [0.1, 0.15) is 12.2 Å². The maximum absolute atomic E-state index is 13.3. The lowest BCUT2D eigenvalue weighted by atomic mass is 10.1. The van der Waals surface area contributed by atoms with Gasteiger partial charge in [0.25, 0.3) is 11.8 Å². The van der Waals surface area contributed by atoms with Crippen molar-refractivity contribution in [3.05, 3.63) is 89.9 Å². The van der Waals surface area contributed by atoms with E-state index in [-0.39, 0.29) is 12.2 Å². The highest BCUT2D eigenvalue weighted by atomic mass is 127. The molecule has 0 saturated carbocycles. The van der Waals surface area contributed by atoms with Crippen molar-refractivity contribution in [2.75, 3.05) is 11.5 Å². The molecule has 0 aliphatic carbocycles. The molecular formula is C27H21BrClIN2O5. The first kappa shape index (κ1) is 27.2. The number of urea groups is 1. The molecule has 190 valence electrons. The summed E-state index contributed by atoms with van der Waals surface area (Å²) in [6.07, 6.45) is 1.44. The molecule has 0 bridgehead atoms. The predicted octanol–water partition coefficient (Wildman–Crippen LogP) is 6.66. The molecule has 0 unspecified atom stereocenters. The summed E-state index contributed by atoms with van der Waals surface area (Å²) in [7, 11) is 0. The van der Waals surface area contributed by atoms with E-state index in [1.54, 1.807) is 43.3 Å². The van der Waals surface area contributed by atoms with E-state index in [1.165, 1.54) is 6.08 Å². The summed E-state index contributed by atoms with van der Waals surface area (Å²) < 4.78 is 13.4. The monoisotopic (exact) mass is 694 g/mol. The molecule has 3 aromatic rings. The molecule has 7 nitrogen and oxygen atoms in total. The zero-order valence-electron chi connectivity index (χ0n) is 19.8. The molecule has 0 atom stereocenters. The van der Waals surface area contributed by atoms with Gasteiger partial charge in [-0.05, 0) is 102 Å². The average molecular weight is 696 g/mol. The molecule has 1 N–H and O–H groups in total. The van der Waals surface area contributed by atoms with Crippen molar-refractivity contribution in [3.8, 4) is 11.5 Å². The van der Waals surface area contributed by atoms with E-state index in [2.05, 4.69) is 43.8 Å². The van der Waals surface area contributed by atoms with Crippen molar-refractivity contribution in [2.24, 2.45) is 0 Å². The van der Waals surface area contributed by atoms with E-state index in [9.17, 15) is 14.4 Å². The number of amides is 4. The first-order chi connectivity index (χ1) is 17.7. The lowest BCUT2D eigenvalue weighted by Crippen LogP contribution is -2.54. The standard InChI is InChI=1S/C27H21BrClIN2O5/c1-3-36-23-13-17(12-21(30)24(23)37-14-16-5-4-6-19(29)10-16)11-20-25(33)31-27(35)32(26(20)34)22-8-7-18(28)9-15(22)2/h4-13H,3,14H2,1-2H3,(H,31,33,35)/b20-11-. The van der Waals surface area contributed by atoms with E-state index in [0.29, 0.717) is 39.9 Å². The third kappa shape index (κ3) is 6.16. The number of benzene rings is 3. The number of hydrogen-bond acceptors (Lipinski definition) is 5. The zero-order valence-corrected chi connectivity index (χ0v) is 24.3. The van der Waals surface area contributed by atoms with Crippen LogP contribution in [0.15, 0.2) is 64.6 Å². The third-order valence-electron chi connectivity index (χ3n) is 5.42. The number of anilines is 1. The quantitative estimate of drug-likeness (QED) is 0.170. The summed E-state index contributed by atoms with van der Waals surface area (Å²) in [6.45, 7) is 4.29. The minimum Gasteiger partial charge on any atom is -0.490 e. The van der Waals surface area contributed by atoms with Gasteiger partial charge >= 0.3 is 6.03 Å². The van der Waals surface area contributed by atoms with Crippen molar-refractivity contribution in [3.63, 3.8) is 0 Å². The number of carbonyl (C=O) groups is 3. The Balaban J connectivity index is 1.67. The van der Waals surface area contributed by atoms with Crippen LogP contribution in [0.1, 0.15) is 23.6 Å². The van der Waals surface area contributed by atoms with Crippen LogP contribution in [0.5, 0.6) is 11.5 Å². The fourth-order valence-corrected chi connectivity index (χ4v) is 5.24. The van der Waals surface area contributed by atoms with Crippen LogP contribution in [0.3, 0.4) is 0 Å². The molecule has 1 aliphatic heterocycles. The summed E-state index contributed by atoms with van der Waals surface area (Å²) in [4.78, 5) is 39.5. The second-order valence-corrected chi connectivity index (χ2v) is 10.6. The predicted molar refractivity (Wildman–Crippen MR) is 154 cm³/mol. The van der Waals surface area contributed by atoms with Crippen molar-refractivity contribution >= 4 is 79.7 Å². The molecular weight excluding hydrogens is 675 g/mol. The fourth-order valence-electron chi connectivity index (χ4n) is 3.77. The minimum atomic E-state index is -0.799. The number of rotatable bonds is 7. The van der Waals surface area contributed by atoms with Gasteiger partial charge in [0.2, 0.25) is 0 Å². The Morgan fingerprint density at radius 2 is 1.86 bits per heavy atom. The Labute approximate surface area is 241 Å². The highest BCUT2D eigenvalue weighted by Gasteiger charge is 2.37. The summed E-state index contributed by atoms with van der Waals surface area (Å²) in [6, 6.07) is 15.2. The van der Waals surface area contributed by atoms with Gasteiger partial charge in [-0.15, -0.1) is 0 Å². The van der Waals surface area contributed by atoms with Crippen LogP contribution >= 0.6 is 50.1 Å². The molecule has 37 heavy (non-hydrogen) atoms. The fraction of sp³-hybridized carbons (Fsp3) is 0.148. The van der Waals surface area contributed by atoms with E-state index < -0.39 is 17.8 Å². The molecule has 10 heteroatoms. The van der Waals surface area contributed by atoms with Gasteiger partial charge in [-0.2, -0.15) is 0 Å². The summed E-state index contributed by atoms with van der Waals surface area (Å²) in [5.41, 5.74) is 2.35. The molecule has 1 saturated heterocycles. The third-order valence-corrected chi connectivity index (χ3v) is 6.95. The zero-order chi connectivity index (χ0) is 26.7. The summed E-state index contributed by atoms with van der Waals surface area (Å²) in [5, 5.41) is 2.87. The van der Waals surface area contributed by atoms with Crippen LogP contribution < -0.4 is 19.7 Å². The molecule has 0 spiro atoms. The highest BCUT2D eigenvalue weighted by molar-refractivity contribution is 14.1. The SMILES string of the molecule is CCOc1cc(/C=C2/C(=O)NC(=O)N(c3ccc(Br)cc3C)C2=O)cc(I)c1OCc1cccc(Cl)c1. The second-order valence-electron chi connectivity index (χ2n) is 8.07. The van der Waals surface area contributed by atoms with E-state index in [4.69, 9.17) is 21.1 Å². The van der Waals surface area contributed by atoms with Gasteiger partial charge in [0.15, 0.2) is 11.5 Å². The maximum atomic E-state index is 13.3. The van der Waals surface area contributed by atoms with E-state index in [0.717, 1.165) is 18.5 Å². The Bertz CT molecular complexity index is 1440. The first-order valence-corrected chi connectivity index (χ1v) is 13.4. The summed E-state index contributed by atoms with van der Waals surface area (Å²) >= 11 is 11.6. The topological polar surface area (TPSA) is 84.9 Å². The molecule has 4 rings (SSSR count). The average Bonchev–Trinajstić information content (AvgIpc) is 2.83. The van der Waals surface area contributed by atoms with Gasteiger partial charge < -0.3 is 9.47 Å². The molecule has 4 amide bonds. The number of aryl methyl sites for hydroxylation is 1. The minimum absolute atomic E-state index is 0.173. The molecule has 1 heterocycles. The van der Waals surface area contributed by atoms with Crippen LogP contribution in [0, 0.1) is 10.5 Å².